The van der Waals surface area contributed by atoms with Crippen molar-refractivity contribution in [2.45, 2.75) is 25.4 Å². The number of non-ortho nitro benzene ring substituents is 1. The van der Waals surface area contributed by atoms with E-state index in [1.54, 1.807) is 6.07 Å². The minimum Gasteiger partial charge on any atom is -0.494 e. The Balaban J connectivity index is 1.55. The van der Waals surface area contributed by atoms with Gasteiger partial charge < -0.3 is 15.2 Å². The fraction of sp³-hybridized carbons (Fsp3) is 0.222. The van der Waals surface area contributed by atoms with Gasteiger partial charge in [0.1, 0.15) is 0 Å². The number of hydrogen-bond acceptors (Lipinski definition) is 6. The van der Waals surface area contributed by atoms with E-state index < -0.39 is 4.92 Å². The molecule has 0 spiro atoms. The van der Waals surface area contributed by atoms with Crippen LogP contribution in [0.1, 0.15) is 29.5 Å². The van der Waals surface area contributed by atoms with Crippen molar-refractivity contribution in [2.75, 3.05) is 13.2 Å². The number of aliphatic hydroxyl groups excluding tert-OH is 1. The molecule has 1 saturated heterocycles. The Bertz CT molecular complexity index is 1380. The van der Waals surface area contributed by atoms with Gasteiger partial charge >= 0.3 is 0 Å². The number of likely N-dealkylation sites (tertiary alicyclic amines) is 1. The molecule has 0 radical (unpaired) electrons. The number of nitrogens with zero attached hydrogens (tertiary/aromatic N) is 3. The maximum absolute atomic E-state index is 11.4. The fourth-order valence-electron chi connectivity index (χ4n) is 4.73. The molecule has 178 valence electrons. The zero-order valence-corrected chi connectivity index (χ0v) is 19.1. The van der Waals surface area contributed by atoms with Gasteiger partial charge in [0.05, 0.1) is 28.5 Å². The largest absolute Gasteiger partial charge is 0.494 e. The third-order valence-corrected chi connectivity index (χ3v) is 6.53. The van der Waals surface area contributed by atoms with Crippen molar-refractivity contribution >= 4 is 28.0 Å². The number of hydrogen-bond donors (Lipinski definition) is 3. The van der Waals surface area contributed by atoms with Gasteiger partial charge in [0.15, 0.2) is 5.88 Å². The van der Waals surface area contributed by atoms with Crippen molar-refractivity contribution in [1.29, 1.82) is 0 Å². The van der Waals surface area contributed by atoms with Crippen LogP contribution >= 0.6 is 0 Å². The number of H-pyrrole nitrogens is 1. The number of rotatable bonds is 7. The smallest absolute Gasteiger partial charge is 0.270 e. The SMILES string of the molecule is O=[N+]([O-])c1ccc2[nH]c(O)c(C(=Nc3ccc(CN4CCCC4CO)cc3)c3ccccc3)c2c1. The van der Waals surface area contributed by atoms with Crippen LogP contribution in [-0.4, -0.2) is 49.9 Å². The molecule has 0 saturated carbocycles. The minimum absolute atomic E-state index is 0.0578. The topological polar surface area (TPSA) is 115 Å². The van der Waals surface area contributed by atoms with Crippen LogP contribution in [0.25, 0.3) is 10.9 Å². The fourth-order valence-corrected chi connectivity index (χ4v) is 4.73. The summed E-state index contributed by atoms with van der Waals surface area (Å²) in [5.41, 5.74) is 4.08. The Morgan fingerprint density at radius 2 is 1.89 bits per heavy atom. The van der Waals surface area contributed by atoms with Crippen molar-refractivity contribution in [3.63, 3.8) is 0 Å². The van der Waals surface area contributed by atoms with Gasteiger partial charge in [-0.05, 0) is 43.1 Å². The maximum atomic E-state index is 11.4. The van der Waals surface area contributed by atoms with Crippen LogP contribution in [0, 0.1) is 10.1 Å². The minimum atomic E-state index is -0.451. The zero-order valence-electron chi connectivity index (χ0n) is 19.1. The zero-order chi connectivity index (χ0) is 24.4. The Morgan fingerprint density at radius 1 is 1.11 bits per heavy atom. The van der Waals surface area contributed by atoms with Crippen molar-refractivity contribution in [3.05, 3.63) is 99.6 Å². The first-order valence-corrected chi connectivity index (χ1v) is 11.6. The van der Waals surface area contributed by atoms with Crippen molar-refractivity contribution in [2.24, 2.45) is 4.99 Å². The van der Waals surface area contributed by atoms with Crippen LogP contribution in [0.2, 0.25) is 0 Å². The van der Waals surface area contributed by atoms with Gasteiger partial charge in [-0.2, -0.15) is 0 Å². The number of aliphatic hydroxyl groups is 1. The Kier molecular flexibility index (Phi) is 6.31. The molecule has 1 aromatic heterocycles. The molecule has 5 rings (SSSR count). The summed E-state index contributed by atoms with van der Waals surface area (Å²) in [6, 6.07) is 22.0. The number of aliphatic imine (C=N–C) groups is 1. The van der Waals surface area contributed by atoms with Gasteiger partial charge in [0.25, 0.3) is 5.69 Å². The van der Waals surface area contributed by atoms with Crippen LogP contribution in [0.3, 0.4) is 0 Å². The maximum Gasteiger partial charge on any atom is 0.270 e. The summed E-state index contributed by atoms with van der Waals surface area (Å²) in [6.45, 7) is 1.93. The van der Waals surface area contributed by atoms with E-state index in [4.69, 9.17) is 4.99 Å². The van der Waals surface area contributed by atoms with Gasteiger partial charge in [-0.1, -0.05) is 42.5 Å². The van der Waals surface area contributed by atoms with E-state index in [1.165, 1.54) is 12.1 Å². The predicted octanol–water partition coefficient (Wildman–Crippen LogP) is 4.91. The second-order valence-corrected chi connectivity index (χ2v) is 8.78. The molecule has 4 aromatic rings. The average Bonchev–Trinajstić information content (AvgIpc) is 3.46. The lowest BCUT2D eigenvalue weighted by molar-refractivity contribution is -0.384. The lowest BCUT2D eigenvalue weighted by Crippen LogP contribution is -2.31. The summed E-state index contributed by atoms with van der Waals surface area (Å²) in [7, 11) is 0. The Morgan fingerprint density at radius 3 is 2.60 bits per heavy atom. The van der Waals surface area contributed by atoms with Gasteiger partial charge in [-0.25, -0.2) is 4.99 Å². The number of aromatic amines is 1. The van der Waals surface area contributed by atoms with E-state index in [0.29, 0.717) is 27.9 Å². The second-order valence-electron chi connectivity index (χ2n) is 8.78. The molecule has 1 aliphatic heterocycles. The molecule has 1 unspecified atom stereocenters. The molecule has 1 fully saturated rings. The standard InChI is InChI=1S/C27H26N4O4/c32-17-22-7-4-14-30(22)16-18-8-10-20(11-9-18)28-26(19-5-2-1-3-6-19)25-23-15-21(31(34)35)12-13-24(23)29-27(25)33/h1-3,5-6,8-13,15,22,29,32-33H,4,7,14,16-17H2. The molecule has 0 amide bonds. The van der Waals surface area contributed by atoms with Crippen LogP contribution in [0.4, 0.5) is 11.4 Å². The van der Waals surface area contributed by atoms with E-state index in [1.807, 2.05) is 54.6 Å². The summed E-state index contributed by atoms with van der Waals surface area (Å²) >= 11 is 0. The predicted molar refractivity (Wildman–Crippen MR) is 135 cm³/mol. The van der Waals surface area contributed by atoms with Crippen LogP contribution in [0.15, 0.2) is 77.8 Å². The molecule has 2 heterocycles. The number of fused-ring (bicyclic) bond motifs is 1. The summed E-state index contributed by atoms with van der Waals surface area (Å²) in [5, 5.41) is 32.3. The summed E-state index contributed by atoms with van der Waals surface area (Å²) in [4.78, 5) is 21.0. The first kappa shape index (κ1) is 22.8. The number of nitro groups is 1. The molecule has 3 aromatic carbocycles. The van der Waals surface area contributed by atoms with Crippen LogP contribution in [0.5, 0.6) is 5.88 Å². The first-order valence-electron chi connectivity index (χ1n) is 11.6. The molecule has 1 atom stereocenters. The van der Waals surface area contributed by atoms with Gasteiger partial charge in [-0.3, -0.25) is 15.0 Å². The molecule has 8 heteroatoms. The number of benzene rings is 3. The van der Waals surface area contributed by atoms with Gasteiger partial charge in [-0.15, -0.1) is 0 Å². The highest BCUT2D eigenvalue weighted by molar-refractivity contribution is 6.22. The molecule has 8 nitrogen and oxygen atoms in total. The molecule has 3 N–H and O–H groups in total. The highest BCUT2D eigenvalue weighted by Gasteiger charge is 2.24. The number of aromatic hydroxyl groups is 1. The summed E-state index contributed by atoms with van der Waals surface area (Å²) in [6.07, 6.45) is 2.12. The Hall–Kier alpha value is -4.01. The van der Waals surface area contributed by atoms with Gasteiger partial charge in [0.2, 0.25) is 0 Å². The van der Waals surface area contributed by atoms with Crippen LogP contribution in [-0.2, 0) is 6.54 Å². The number of nitrogens with one attached hydrogen (secondary N) is 1. The lowest BCUT2D eigenvalue weighted by atomic mass is 10.0. The highest BCUT2D eigenvalue weighted by Crippen LogP contribution is 2.33. The molecule has 1 aliphatic rings. The van der Waals surface area contributed by atoms with Crippen molar-refractivity contribution in [1.82, 2.24) is 9.88 Å². The van der Waals surface area contributed by atoms with Crippen molar-refractivity contribution in [3.8, 4) is 5.88 Å². The first-order chi connectivity index (χ1) is 17.0. The third kappa shape index (κ3) is 4.66. The highest BCUT2D eigenvalue weighted by atomic mass is 16.6. The Labute approximate surface area is 202 Å². The average molecular weight is 471 g/mol. The van der Waals surface area contributed by atoms with Gasteiger partial charge in [0, 0.05) is 41.2 Å². The number of nitro benzene ring substituents is 1. The van der Waals surface area contributed by atoms with Crippen LogP contribution < -0.4 is 0 Å². The van der Waals surface area contributed by atoms with E-state index in [0.717, 1.165) is 37.1 Å². The molecular weight excluding hydrogens is 444 g/mol. The third-order valence-electron chi connectivity index (χ3n) is 6.53. The van der Waals surface area contributed by atoms with E-state index in [2.05, 4.69) is 9.88 Å². The van der Waals surface area contributed by atoms with Crippen molar-refractivity contribution < 1.29 is 15.1 Å². The molecule has 0 aliphatic carbocycles. The second kappa shape index (κ2) is 9.69. The van der Waals surface area contributed by atoms with E-state index in [-0.39, 0.29) is 24.2 Å². The normalized spacial score (nSPS) is 16.7. The molecule has 0 bridgehead atoms. The number of aromatic nitrogens is 1. The van der Waals surface area contributed by atoms with E-state index in [9.17, 15) is 20.3 Å². The van der Waals surface area contributed by atoms with E-state index >= 15 is 0 Å². The monoisotopic (exact) mass is 470 g/mol. The lowest BCUT2D eigenvalue weighted by Gasteiger charge is -2.22. The summed E-state index contributed by atoms with van der Waals surface area (Å²) < 4.78 is 0. The molecule has 35 heavy (non-hydrogen) atoms. The molecular formula is C27H26N4O4. The summed E-state index contributed by atoms with van der Waals surface area (Å²) in [5.74, 6) is -0.0937. The quantitative estimate of drug-likeness (QED) is 0.202.